The van der Waals surface area contributed by atoms with Crippen molar-refractivity contribution in [2.45, 2.75) is 31.3 Å². The Morgan fingerprint density at radius 3 is 2.53 bits per heavy atom. The number of carbonyl (C=O) groups excluding carboxylic acids is 2. The Morgan fingerprint density at radius 1 is 1.21 bits per heavy atom. The molecule has 1 N–H and O–H groups in total. The van der Waals surface area contributed by atoms with Crippen molar-refractivity contribution in [3.63, 3.8) is 0 Å². The maximum atomic E-state index is 12.1. The van der Waals surface area contributed by atoms with Crippen molar-refractivity contribution in [3.8, 4) is 0 Å². The molecule has 1 heterocycles. The fraction of sp³-hybridized carbons (Fsp3) is 0.846. The van der Waals surface area contributed by atoms with E-state index in [9.17, 15) is 9.59 Å². The van der Waals surface area contributed by atoms with Gasteiger partial charge in [0.2, 0.25) is 0 Å². The molecule has 0 bridgehead atoms. The Balaban J connectivity index is 2.05. The van der Waals surface area contributed by atoms with Gasteiger partial charge in [0.05, 0.1) is 26.4 Å². The van der Waals surface area contributed by atoms with Crippen molar-refractivity contribution in [2.75, 3.05) is 33.9 Å². The molecule has 2 rings (SSSR count). The van der Waals surface area contributed by atoms with Gasteiger partial charge in [0.25, 0.3) is 0 Å². The first kappa shape index (κ1) is 14.3. The number of carbonyl (C=O) groups is 2. The van der Waals surface area contributed by atoms with Gasteiger partial charge in [-0.2, -0.15) is 0 Å². The Morgan fingerprint density at radius 2 is 1.95 bits per heavy atom. The van der Waals surface area contributed by atoms with Crippen LogP contribution in [-0.4, -0.2) is 51.5 Å². The molecule has 1 aliphatic heterocycles. The average molecular weight is 271 g/mol. The standard InChI is InChI=1S/C13H21NO5/c1-17-10(15)3-4-12(11(16)18-2)7-14-8-13(5-6-13)19-9-12/h14H,3-9H2,1-2H3/t12-/m1/s1. The third kappa shape index (κ3) is 3.06. The summed E-state index contributed by atoms with van der Waals surface area (Å²) < 4.78 is 15.4. The van der Waals surface area contributed by atoms with Crippen LogP contribution in [0.5, 0.6) is 0 Å². The lowest BCUT2D eigenvalue weighted by Crippen LogP contribution is -2.43. The molecule has 0 radical (unpaired) electrons. The van der Waals surface area contributed by atoms with Crippen LogP contribution >= 0.6 is 0 Å². The van der Waals surface area contributed by atoms with Crippen LogP contribution in [0, 0.1) is 5.41 Å². The van der Waals surface area contributed by atoms with Crippen LogP contribution in [0.4, 0.5) is 0 Å². The number of nitrogens with one attached hydrogen (secondary N) is 1. The fourth-order valence-corrected chi connectivity index (χ4v) is 2.44. The van der Waals surface area contributed by atoms with Crippen molar-refractivity contribution in [3.05, 3.63) is 0 Å². The minimum Gasteiger partial charge on any atom is -0.469 e. The summed E-state index contributed by atoms with van der Waals surface area (Å²) in [5.74, 6) is -0.657. The molecule has 6 nitrogen and oxygen atoms in total. The summed E-state index contributed by atoms with van der Waals surface area (Å²) >= 11 is 0. The SMILES string of the molecule is COC(=O)CC[C@@]1(C(=O)OC)CNCC2(CC2)OC1. The maximum absolute atomic E-state index is 12.1. The first-order chi connectivity index (χ1) is 9.06. The second-order valence-corrected chi connectivity index (χ2v) is 5.42. The summed E-state index contributed by atoms with van der Waals surface area (Å²) in [4.78, 5) is 23.4. The molecule has 0 unspecified atom stereocenters. The van der Waals surface area contributed by atoms with Gasteiger partial charge in [0, 0.05) is 19.5 Å². The lowest BCUT2D eigenvalue weighted by molar-refractivity contribution is -0.158. The molecule has 0 aromatic carbocycles. The van der Waals surface area contributed by atoms with E-state index in [-0.39, 0.29) is 24.0 Å². The highest BCUT2D eigenvalue weighted by atomic mass is 16.5. The van der Waals surface area contributed by atoms with Crippen molar-refractivity contribution in [2.24, 2.45) is 5.41 Å². The molecule has 19 heavy (non-hydrogen) atoms. The van der Waals surface area contributed by atoms with Crippen molar-refractivity contribution < 1.29 is 23.8 Å². The van der Waals surface area contributed by atoms with Gasteiger partial charge >= 0.3 is 11.9 Å². The Hall–Kier alpha value is -1.14. The predicted molar refractivity (Wildman–Crippen MR) is 66.5 cm³/mol. The van der Waals surface area contributed by atoms with Crippen molar-refractivity contribution >= 4 is 11.9 Å². The fourth-order valence-electron chi connectivity index (χ4n) is 2.44. The number of rotatable bonds is 4. The van der Waals surface area contributed by atoms with Gasteiger partial charge in [-0.25, -0.2) is 0 Å². The minimum absolute atomic E-state index is 0.0962. The molecule has 1 atom stereocenters. The first-order valence-electron chi connectivity index (χ1n) is 6.56. The Kier molecular flexibility index (Phi) is 4.10. The highest BCUT2D eigenvalue weighted by molar-refractivity contribution is 5.78. The molecular formula is C13H21NO5. The van der Waals surface area contributed by atoms with E-state index in [4.69, 9.17) is 9.47 Å². The third-order valence-corrected chi connectivity index (χ3v) is 4.03. The number of ether oxygens (including phenoxy) is 3. The zero-order valence-electron chi connectivity index (χ0n) is 11.5. The summed E-state index contributed by atoms with van der Waals surface area (Å²) in [6.07, 6.45) is 2.60. The van der Waals surface area contributed by atoms with Gasteiger partial charge in [-0.15, -0.1) is 0 Å². The Bertz CT molecular complexity index is 366. The van der Waals surface area contributed by atoms with E-state index in [1.807, 2.05) is 0 Å². The quantitative estimate of drug-likeness (QED) is 0.739. The monoisotopic (exact) mass is 271 g/mol. The molecule has 1 spiro atoms. The molecule has 2 aliphatic rings. The molecule has 1 saturated heterocycles. The van der Waals surface area contributed by atoms with Crippen LogP contribution in [0.1, 0.15) is 25.7 Å². The van der Waals surface area contributed by atoms with E-state index in [0.29, 0.717) is 19.6 Å². The molecule has 0 aromatic rings. The molecule has 1 aliphatic carbocycles. The average Bonchev–Trinajstić information content (AvgIpc) is 3.23. The van der Waals surface area contributed by atoms with E-state index in [1.54, 1.807) is 0 Å². The zero-order chi connectivity index (χ0) is 13.9. The summed E-state index contributed by atoms with van der Waals surface area (Å²) in [6, 6.07) is 0. The molecule has 1 saturated carbocycles. The topological polar surface area (TPSA) is 73.9 Å². The lowest BCUT2D eigenvalue weighted by atomic mass is 9.84. The van der Waals surface area contributed by atoms with Gasteiger partial charge in [0.1, 0.15) is 5.41 Å². The van der Waals surface area contributed by atoms with Crippen LogP contribution in [0.3, 0.4) is 0 Å². The van der Waals surface area contributed by atoms with Gasteiger partial charge in [-0.3, -0.25) is 9.59 Å². The molecule has 0 amide bonds. The smallest absolute Gasteiger partial charge is 0.315 e. The van der Waals surface area contributed by atoms with Gasteiger partial charge < -0.3 is 19.5 Å². The predicted octanol–water partition coefficient (Wildman–Crippen LogP) is 0.251. The second-order valence-electron chi connectivity index (χ2n) is 5.42. The number of methoxy groups -OCH3 is 2. The molecular weight excluding hydrogens is 250 g/mol. The van der Waals surface area contributed by atoms with E-state index in [1.165, 1.54) is 14.2 Å². The first-order valence-corrected chi connectivity index (χ1v) is 6.56. The number of esters is 2. The van der Waals surface area contributed by atoms with E-state index < -0.39 is 5.41 Å². The summed E-state index contributed by atoms with van der Waals surface area (Å²) in [7, 11) is 2.70. The molecule has 108 valence electrons. The van der Waals surface area contributed by atoms with E-state index >= 15 is 0 Å². The maximum Gasteiger partial charge on any atom is 0.315 e. The van der Waals surface area contributed by atoms with Gasteiger partial charge in [-0.1, -0.05) is 0 Å². The minimum atomic E-state index is -0.797. The van der Waals surface area contributed by atoms with Crippen molar-refractivity contribution in [1.82, 2.24) is 5.32 Å². The largest absolute Gasteiger partial charge is 0.469 e. The normalized spacial score (nSPS) is 28.5. The lowest BCUT2D eigenvalue weighted by Gasteiger charge is -2.28. The summed E-state index contributed by atoms with van der Waals surface area (Å²) in [5, 5.41) is 3.27. The van der Waals surface area contributed by atoms with Crippen LogP contribution < -0.4 is 5.32 Å². The zero-order valence-corrected chi connectivity index (χ0v) is 11.5. The van der Waals surface area contributed by atoms with Crippen LogP contribution in [0.25, 0.3) is 0 Å². The van der Waals surface area contributed by atoms with Crippen molar-refractivity contribution in [1.29, 1.82) is 0 Å². The highest BCUT2D eigenvalue weighted by Crippen LogP contribution is 2.42. The van der Waals surface area contributed by atoms with Gasteiger partial charge in [0.15, 0.2) is 0 Å². The van der Waals surface area contributed by atoms with E-state index in [2.05, 4.69) is 10.1 Å². The van der Waals surface area contributed by atoms with E-state index in [0.717, 1.165) is 19.4 Å². The highest BCUT2D eigenvalue weighted by Gasteiger charge is 2.51. The molecule has 6 heteroatoms. The van der Waals surface area contributed by atoms with Crippen LogP contribution in [0.2, 0.25) is 0 Å². The molecule has 2 fully saturated rings. The van der Waals surface area contributed by atoms with Crippen LogP contribution in [-0.2, 0) is 23.8 Å². The number of hydrogen-bond donors (Lipinski definition) is 1. The number of hydrogen-bond acceptors (Lipinski definition) is 6. The summed E-state index contributed by atoms with van der Waals surface area (Å²) in [5.41, 5.74) is -0.893. The Labute approximate surface area is 112 Å². The second kappa shape index (κ2) is 5.46. The van der Waals surface area contributed by atoms with Crippen LogP contribution in [0.15, 0.2) is 0 Å². The third-order valence-electron chi connectivity index (χ3n) is 4.03. The molecule has 0 aromatic heterocycles. The summed E-state index contributed by atoms with van der Waals surface area (Å²) in [6.45, 7) is 1.52. The van der Waals surface area contributed by atoms with Gasteiger partial charge in [-0.05, 0) is 19.3 Å².